The van der Waals surface area contributed by atoms with Crippen LogP contribution in [0, 0.1) is 0 Å². The summed E-state index contributed by atoms with van der Waals surface area (Å²) in [6.07, 6.45) is 6.26. The lowest BCUT2D eigenvalue weighted by Gasteiger charge is -2.24. The zero-order valence-electron chi connectivity index (χ0n) is 7.65. The summed E-state index contributed by atoms with van der Waals surface area (Å²) in [5.74, 6) is 2.44. The van der Waals surface area contributed by atoms with Crippen LogP contribution in [0.2, 0.25) is 0 Å². The van der Waals surface area contributed by atoms with E-state index in [1.54, 1.807) is 0 Å². The maximum absolute atomic E-state index is 5.45. The van der Waals surface area contributed by atoms with Crippen LogP contribution in [0.15, 0.2) is 12.4 Å². The molecule has 1 aliphatic heterocycles. The van der Waals surface area contributed by atoms with Crippen molar-refractivity contribution in [3.05, 3.63) is 18.0 Å². The van der Waals surface area contributed by atoms with Crippen LogP contribution in [0.4, 0.5) is 0 Å². The molecule has 0 radical (unpaired) electrons. The van der Waals surface area contributed by atoms with Crippen molar-refractivity contribution in [3.8, 4) is 0 Å². The van der Waals surface area contributed by atoms with Gasteiger partial charge in [0.1, 0.15) is 0 Å². The lowest BCUT2D eigenvalue weighted by molar-refractivity contribution is 0.526. The summed E-state index contributed by atoms with van der Waals surface area (Å²) in [6, 6.07) is 0.650. The molecule has 0 bridgehead atoms. The predicted octanol–water partition coefficient (Wildman–Crippen LogP) is 1.06. The maximum Gasteiger partial charge on any atom is 0.0699 e. The first-order valence-electron chi connectivity index (χ1n) is 4.71. The van der Waals surface area contributed by atoms with Gasteiger partial charge < -0.3 is 5.73 Å². The fraction of sp³-hybridized carbons (Fsp3) is 0.667. The molecule has 0 aliphatic carbocycles. The Morgan fingerprint density at radius 2 is 2.46 bits per heavy atom. The molecule has 72 valence electrons. The van der Waals surface area contributed by atoms with Crippen molar-refractivity contribution < 1.29 is 0 Å². The highest BCUT2D eigenvalue weighted by atomic mass is 32.2. The number of thioether (sulfide) groups is 1. The molecule has 13 heavy (non-hydrogen) atoms. The van der Waals surface area contributed by atoms with E-state index in [0.717, 1.165) is 19.4 Å². The van der Waals surface area contributed by atoms with Crippen LogP contribution in [0.3, 0.4) is 0 Å². The Balaban J connectivity index is 1.92. The molecule has 3 nitrogen and oxygen atoms in total. The Labute approximate surface area is 82.7 Å². The summed E-state index contributed by atoms with van der Waals surface area (Å²) in [5, 5.41) is 4.35. The van der Waals surface area contributed by atoms with E-state index < -0.39 is 0 Å². The molecule has 0 aromatic carbocycles. The fourth-order valence-corrected chi connectivity index (χ4v) is 2.14. The Hall–Kier alpha value is -0.480. The summed E-state index contributed by atoms with van der Waals surface area (Å²) in [4.78, 5) is 0. The first-order chi connectivity index (χ1) is 6.40. The molecule has 1 aliphatic rings. The van der Waals surface area contributed by atoms with Crippen LogP contribution in [-0.4, -0.2) is 27.8 Å². The van der Waals surface area contributed by atoms with Crippen LogP contribution >= 0.6 is 11.8 Å². The van der Waals surface area contributed by atoms with Crippen LogP contribution in [0.5, 0.6) is 0 Å². The predicted molar refractivity (Wildman–Crippen MR) is 56.0 cm³/mol. The Morgan fingerprint density at radius 1 is 1.62 bits per heavy atom. The number of aryl methyl sites for hydroxylation is 1. The van der Waals surface area contributed by atoms with Crippen LogP contribution in [-0.2, 0) is 6.42 Å². The maximum atomic E-state index is 5.45. The molecular weight excluding hydrogens is 182 g/mol. The van der Waals surface area contributed by atoms with Gasteiger partial charge >= 0.3 is 0 Å². The number of nitrogens with two attached hydrogens (primary N) is 1. The van der Waals surface area contributed by atoms with E-state index in [2.05, 4.69) is 16.0 Å². The number of hydrogen-bond donors (Lipinski definition) is 1. The lowest BCUT2D eigenvalue weighted by Crippen LogP contribution is -2.22. The second kappa shape index (κ2) is 4.15. The van der Waals surface area contributed by atoms with Crippen molar-refractivity contribution in [3.63, 3.8) is 0 Å². The van der Waals surface area contributed by atoms with Gasteiger partial charge in [0.15, 0.2) is 0 Å². The van der Waals surface area contributed by atoms with E-state index >= 15 is 0 Å². The molecule has 2 rings (SSSR count). The molecule has 0 saturated carbocycles. The standard InChI is InChI=1S/C9H15N3S/c10-3-1-2-8-4-11-12(5-8)9-6-13-7-9/h4-5,9H,1-3,6-7,10H2. The van der Waals surface area contributed by atoms with Crippen LogP contribution in [0.25, 0.3) is 0 Å². The third-order valence-corrected chi connectivity index (χ3v) is 3.56. The van der Waals surface area contributed by atoms with E-state index in [-0.39, 0.29) is 0 Å². The van der Waals surface area contributed by atoms with Gasteiger partial charge in [-0.2, -0.15) is 16.9 Å². The highest BCUT2D eigenvalue weighted by molar-refractivity contribution is 8.00. The minimum Gasteiger partial charge on any atom is -0.330 e. The number of rotatable bonds is 4. The van der Waals surface area contributed by atoms with Gasteiger partial charge in [-0.1, -0.05) is 0 Å². The molecule has 0 unspecified atom stereocenters. The average Bonchev–Trinajstić information content (AvgIpc) is 2.46. The van der Waals surface area contributed by atoms with E-state index in [0.29, 0.717) is 6.04 Å². The molecule has 1 aromatic heterocycles. The van der Waals surface area contributed by atoms with Crippen molar-refractivity contribution in [2.45, 2.75) is 18.9 Å². The molecule has 1 saturated heterocycles. The van der Waals surface area contributed by atoms with Gasteiger partial charge in [0.25, 0.3) is 0 Å². The number of hydrogen-bond acceptors (Lipinski definition) is 3. The molecule has 0 amide bonds. The molecule has 4 heteroatoms. The Morgan fingerprint density at radius 3 is 3.08 bits per heavy atom. The van der Waals surface area contributed by atoms with Gasteiger partial charge in [-0.05, 0) is 24.9 Å². The van der Waals surface area contributed by atoms with E-state index in [9.17, 15) is 0 Å². The third kappa shape index (κ3) is 2.06. The van der Waals surface area contributed by atoms with Crippen LogP contribution in [0.1, 0.15) is 18.0 Å². The largest absolute Gasteiger partial charge is 0.330 e. The second-order valence-corrected chi connectivity index (χ2v) is 4.49. The van der Waals surface area contributed by atoms with Crippen molar-refractivity contribution in [2.75, 3.05) is 18.1 Å². The van der Waals surface area contributed by atoms with Gasteiger partial charge in [0.05, 0.1) is 12.2 Å². The smallest absolute Gasteiger partial charge is 0.0699 e. The van der Waals surface area contributed by atoms with Gasteiger partial charge in [-0.3, -0.25) is 4.68 Å². The van der Waals surface area contributed by atoms with Crippen molar-refractivity contribution in [1.29, 1.82) is 0 Å². The van der Waals surface area contributed by atoms with E-state index in [4.69, 9.17) is 5.73 Å². The topological polar surface area (TPSA) is 43.8 Å². The van der Waals surface area contributed by atoms with Crippen molar-refractivity contribution in [2.24, 2.45) is 5.73 Å². The summed E-state index contributed by atoms with van der Waals surface area (Å²) in [7, 11) is 0. The Bertz CT molecular complexity index is 268. The average molecular weight is 197 g/mol. The molecule has 0 spiro atoms. The molecule has 0 atom stereocenters. The third-order valence-electron chi connectivity index (χ3n) is 2.32. The molecular formula is C9H15N3S. The van der Waals surface area contributed by atoms with Crippen molar-refractivity contribution >= 4 is 11.8 Å². The highest BCUT2D eigenvalue weighted by Gasteiger charge is 2.20. The van der Waals surface area contributed by atoms with Gasteiger partial charge in [-0.25, -0.2) is 0 Å². The normalized spacial score (nSPS) is 17.3. The second-order valence-electron chi connectivity index (χ2n) is 3.41. The molecule has 2 N–H and O–H groups in total. The fourth-order valence-electron chi connectivity index (χ4n) is 1.39. The van der Waals surface area contributed by atoms with Crippen LogP contribution < -0.4 is 5.73 Å². The summed E-state index contributed by atoms with van der Waals surface area (Å²) >= 11 is 1.99. The summed E-state index contributed by atoms with van der Waals surface area (Å²) in [6.45, 7) is 0.768. The molecule has 1 fully saturated rings. The first kappa shape index (κ1) is 9.09. The van der Waals surface area contributed by atoms with Gasteiger partial charge in [-0.15, -0.1) is 0 Å². The van der Waals surface area contributed by atoms with Crippen molar-refractivity contribution in [1.82, 2.24) is 9.78 Å². The van der Waals surface area contributed by atoms with Gasteiger partial charge in [0.2, 0.25) is 0 Å². The van der Waals surface area contributed by atoms with E-state index in [1.807, 2.05) is 18.0 Å². The van der Waals surface area contributed by atoms with E-state index in [1.165, 1.54) is 17.1 Å². The number of nitrogens with zero attached hydrogens (tertiary/aromatic N) is 2. The minimum atomic E-state index is 0.650. The molecule has 1 aromatic rings. The SMILES string of the molecule is NCCCc1cnn(C2CSC2)c1. The molecule has 2 heterocycles. The zero-order chi connectivity index (χ0) is 9.10. The first-order valence-corrected chi connectivity index (χ1v) is 5.86. The lowest BCUT2D eigenvalue weighted by atomic mass is 10.2. The monoisotopic (exact) mass is 197 g/mol. The number of aromatic nitrogens is 2. The summed E-state index contributed by atoms with van der Waals surface area (Å²) in [5.41, 5.74) is 6.77. The summed E-state index contributed by atoms with van der Waals surface area (Å²) < 4.78 is 2.10. The minimum absolute atomic E-state index is 0.650. The quantitative estimate of drug-likeness (QED) is 0.785. The Kier molecular flexibility index (Phi) is 2.90. The van der Waals surface area contributed by atoms with Gasteiger partial charge in [0, 0.05) is 17.7 Å². The zero-order valence-corrected chi connectivity index (χ0v) is 8.46. The highest BCUT2D eigenvalue weighted by Crippen LogP contribution is 2.28.